The van der Waals surface area contributed by atoms with E-state index in [0.717, 1.165) is 11.1 Å². The Morgan fingerprint density at radius 3 is 2.29 bits per heavy atom. The Bertz CT molecular complexity index is 1090. The van der Waals surface area contributed by atoms with Gasteiger partial charge in [0, 0.05) is 30.8 Å². The molecule has 1 saturated carbocycles. The second-order valence-electron chi connectivity index (χ2n) is 9.52. The van der Waals surface area contributed by atoms with Crippen molar-refractivity contribution in [2.24, 2.45) is 5.92 Å². The molecular formula is C26H28N2O6. The Hall–Kier alpha value is -3.39. The zero-order valence-electron chi connectivity index (χ0n) is 18.8. The van der Waals surface area contributed by atoms with Gasteiger partial charge >= 0.3 is 12.1 Å². The minimum atomic E-state index is -1.87. The fraction of sp³-hybridized carbons (Fsp3) is 0.423. The predicted octanol–water partition coefficient (Wildman–Crippen LogP) is 2.74. The highest BCUT2D eigenvalue weighted by atomic mass is 16.5. The largest absolute Gasteiger partial charge is 0.479 e. The zero-order chi connectivity index (χ0) is 23.9. The summed E-state index contributed by atoms with van der Waals surface area (Å²) in [6, 6.07) is 16.1. The molecule has 34 heavy (non-hydrogen) atoms. The molecule has 8 heteroatoms. The van der Waals surface area contributed by atoms with E-state index in [1.54, 1.807) is 0 Å². The topological polar surface area (TPSA) is 116 Å². The van der Waals surface area contributed by atoms with Gasteiger partial charge in [-0.1, -0.05) is 48.5 Å². The zero-order valence-corrected chi connectivity index (χ0v) is 18.8. The van der Waals surface area contributed by atoms with E-state index < -0.39 is 17.7 Å². The van der Waals surface area contributed by atoms with Gasteiger partial charge in [0.15, 0.2) is 5.60 Å². The molecule has 2 fully saturated rings. The number of ether oxygens (including phenoxy) is 1. The number of amides is 2. The van der Waals surface area contributed by atoms with Gasteiger partial charge in [-0.3, -0.25) is 4.79 Å². The second-order valence-corrected chi connectivity index (χ2v) is 9.52. The molecule has 0 spiro atoms. The number of carbonyl (C=O) groups excluding carboxylic acids is 2. The monoisotopic (exact) mass is 464 g/mol. The smallest absolute Gasteiger partial charge is 0.407 e. The van der Waals surface area contributed by atoms with Crippen LogP contribution in [-0.4, -0.2) is 64.4 Å². The molecule has 0 aromatic heterocycles. The molecule has 178 valence electrons. The maximum atomic E-state index is 12.8. The van der Waals surface area contributed by atoms with Crippen molar-refractivity contribution >= 4 is 18.0 Å². The molecule has 2 aromatic rings. The number of likely N-dealkylation sites (tertiary alicyclic amines) is 1. The standard InChI is InChI=1S/C26H28N2O6/c29-23(28-12-11-26(33,15-28)24(30)31)16-9-10-17(13-16)27-25(32)34-14-22-20-7-3-1-5-18(20)19-6-2-4-8-21(19)22/h1-8,16-17,22,33H,9-15H2,(H,27,32)(H,30,31)/t16-,17+,26?/m1/s1. The van der Waals surface area contributed by atoms with Crippen LogP contribution in [0, 0.1) is 5.92 Å². The highest BCUT2D eigenvalue weighted by Crippen LogP contribution is 2.44. The van der Waals surface area contributed by atoms with Crippen molar-refractivity contribution in [3.8, 4) is 11.1 Å². The quantitative estimate of drug-likeness (QED) is 0.627. The number of carboxylic acid groups (broad SMARTS) is 1. The number of carboxylic acids is 1. The lowest BCUT2D eigenvalue weighted by Gasteiger charge is -2.22. The van der Waals surface area contributed by atoms with Crippen molar-refractivity contribution in [1.29, 1.82) is 0 Å². The molecule has 3 N–H and O–H groups in total. The summed E-state index contributed by atoms with van der Waals surface area (Å²) >= 11 is 0. The predicted molar refractivity (Wildman–Crippen MR) is 123 cm³/mol. The summed E-state index contributed by atoms with van der Waals surface area (Å²) in [6.07, 6.45) is 1.27. The number of fused-ring (bicyclic) bond motifs is 3. The van der Waals surface area contributed by atoms with Gasteiger partial charge < -0.3 is 25.2 Å². The van der Waals surface area contributed by atoms with Crippen LogP contribution < -0.4 is 5.32 Å². The minimum Gasteiger partial charge on any atom is -0.479 e. The van der Waals surface area contributed by atoms with Crippen LogP contribution in [0.15, 0.2) is 48.5 Å². The van der Waals surface area contributed by atoms with Crippen LogP contribution in [0.5, 0.6) is 0 Å². The van der Waals surface area contributed by atoms with E-state index in [1.165, 1.54) is 16.0 Å². The number of hydrogen-bond acceptors (Lipinski definition) is 5. The molecule has 0 radical (unpaired) electrons. The van der Waals surface area contributed by atoms with Gasteiger partial charge in [0.25, 0.3) is 0 Å². The fourth-order valence-electron chi connectivity index (χ4n) is 5.56. The van der Waals surface area contributed by atoms with Crippen LogP contribution in [0.2, 0.25) is 0 Å². The average Bonchev–Trinajstić information content (AvgIpc) is 3.54. The van der Waals surface area contributed by atoms with Crippen molar-refractivity contribution in [3.05, 3.63) is 59.7 Å². The summed E-state index contributed by atoms with van der Waals surface area (Å²) < 4.78 is 5.61. The summed E-state index contributed by atoms with van der Waals surface area (Å²) in [5.41, 5.74) is 2.76. The number of nitrogens with zero attached hydrogens (tertiary/aromatic N) is 1. The molecule has 5 rings (SSSR count). The Kier molecular flexibility index (Phi) is 5.77. The molecule has 1 heterocycles. The summed E-state index contributed by atoms with van der Waals surface area (Å²) in [4.78, 5) is 38.0. The van der Waals surface area contributed by atoms with E-state index in [2.05, 4.69) is 29.6 Å². The highest BCUT2D eigenvalue weighted by molar-refractivity contribution is 5.84. The van der Waals surface area contributed by atoms with Gasteiger partial charge in [0.1, 0.15) is 6.61 Å². The lowest BCUT2D eigenvalue weighted by Crippen LogP contribution is -2.43. The first kappa shape index (κ1) is 22.4. The van der Waals surface area contributed by atoms with Crippen LogP contribution in [0.4, 0.5) is 4.79 Å². The lowest BCUT2D eigenvalue weighted by molar-refractivity contribution is -0.157. The van der Waals surface area contributed by atoms with E-state index in [4.69, 9.17) is 9.84 Å². The molecule has 2 aromatic carbocycles. The van der Waals surface area contributed by atoms with E-state index in [-0.39, 0.29) is 49.9 Å². The first-order valence-corrected chi connectivity index (χ1v) is 11.7. The van der Waals surface area contributed by atoms with Crippen LogP contribution in [0.3, 0.4) is 0 Å². The molecule has 2 amide bonds. The molecule has 1 unspecified atom stereocenters. The number of β-amino-alcohol motifs (C(OH)–C–C–N with tert-alkyl or cyclic N) is 1. The van der Waals surface area contributed by atoms with Crippen molar-refractivity contribution in [1.82, 2.24) is 10.2 Å². The van der Waals surface area contributed by atoms with Gasteiger partial charge in [-0.15, -0.1) is 0 Å². The Morgan fingerprint density at radius 2 is 1.68 bits per heavy atom. The van der Waals surface area contributed by atoms with E-state index in [0.29, 0.717) is 19.3 Å². The summed E-state index contributed by atoms with van der Waals surface area (Å²) in [7, 11) is 0. The molecule has 1 saturated heterocycles. The molecule has 3 aliphatic rings. The van der Waals surface area contributed by atoms with Gasteiger partial charge in [0.2, 0.25) is 5.91 Å². The summed E-state index contributed by atoms with van der Waals surface area (Å²) in [5.74, 6) is -1.77. The van der Waals surface area contributed by atoms with Crippen LogP contribution >= 0.6 is 0 Å². The number of nitrogens with one attached hydrogen (secondary N) is 1. The third kappa shape index (κ3) is 4.03. The van der Waals surface area contributed by atoms with E-state index in [1.807, 2.05) is 24.3 Å². The third-order valence-corrected chi connectivity index (χ3v) is 7.41. The minimum absolute atomic E-state index is 0.0146. The van der Waals surface area contributed by atoms with Crippen LogP contribution in [0.1, 0.15) is 42.7 Å². The number of hydrogen-bond donors (Lipinski definition) is 3. The van der Waals surface area contributed by atoms with E-state index >= 15 is 0 Å². The van der Waals surface area contributed by atoms with Gasteiger partial charge in [-0.2, -0.15) is 0 Å². The van der Waals surface area contributed by atoms with Gasteiger partial charge in [-0.05, 0) is 41.5 Å². The number of aliphatic hydroxyl groups is 1. The Labute approximate surface area is 197 Å². The molecule has 1 aliphatic heterocycles. The first-order chi connectivity index (χ1) is 16.4. The second kappa shape index (κ2) is 8.76. The lowest BCUT2D eigenvalue weighted by atomic mass is 9.98. The molecule has 0 bridgehead atoms. The number of alkyl carbamates (subject to hydrolysis) is 1. The SMILES string of the molecule is O=C(N[C@H]1CC[C@@H](C(=O)N2CCC(O)(C(=O)O)C2)C1)OCC1c2ccccc2-c2ccccc21. The molecule has 2 aliphatic carbocycles. The Morgan fingerprint density at radius 1 is 1.03 bits per heavy atom. The molecule has 8 nitrogen and oxygen atoms in total. The Balaban J connectivity index is 1.14. The van der Waals surface area contributed by atoms with Crippen molar-refractivity contribution in [2.45, 2.75) is 43.2 Å². The van der Waals surface area contributed by atoms with E-state index in [9.17, 15) is 19.5 Å². The maximum absolute atomic E-state index is 12.8. The van der Waals surface area contributed by atoms with Gasteiger partial charge in [0.05, 0.1) is 6.54 Å². The van der Waals surface area contributed by atoms with Crippen LogP contribution in [0.25, 0.3) is 11.1 Å². The molecule has 3 atom stereocenters. The summed E-state index contributed by atoms with van der Waals surface area (Å²) in [6.45, 7) is 0.265. The first-order valence-electron chi connectivity index (χ1n) is 11.7. The van der Waals surface area contributed by atoms with Crippen molar-refractivity contribution in [2.75, 3.05) is 19.7 Å². The molecular weight excluding hydrogens is 436 g/mol. The summed E-state index contributed by atoms with van der Waals surface area (Å²) in [5, 5.41) is 22.2. The van der Waals surface area contributed by atoms with Crippen molar-refractivity contribution < 1.29 is 29.3 Å². The van der Waals surface area contributed by atoms with Crippen LogP contribution in [-0.2, 0) is 14.3 Å². The number of rotatable bonds is 5. The number of aliphatic carboxylic acids is 1. The van der Waals surface area contributed by atoms with Gasteiger partial charge in [-0.25, -0.2) is 9.59 Å². The maximum Gasteiger partial charge on any atom is 0.407 e. The number of carbonyl (C=O) groups is 3. The number of benzene rings is 2. The van der Waals surface area contributed by atoms with Crippen molar-refractivity contribution in [3.63, 3.8) is 0 Å². The normalized spacial score (nSPS) is 25.6. The fourth-order valence-corrected chi connectivity index (χ4v) is 5.56. The average molecular weight is 465 g/mol. The highest BCUT2D eigenvalue weighted by Gasteiger charge is 2.46. The third-order valence-electron chi connectivity index (χ3n) is 7.41.